The van der Waals surface area contributed by atoms with Gasteiger partial charge in [0.2, 0.25) is 0 Å². The predicted molar refractivity (Wildman–Crippen MR) is 80.4 cm³/mol. The number of hydrogen-bond donors (Lipinski definition) is 1. The van der Waals surface area contributed by atoms with Gasteiger partial charge in [0.1, 0.15) is 5.60 Å². The minimum absolute atomic E-state index is 0.258. The van der Waals surface area contributed by atoms with Crippen LogP contribution in [0.2, 0.25) is 0 Å². The first-order valence-corrected chi connectivity index (χ1v) is 6.96. The number of rotatable bonds is 0. The highest BCUT2D eigenvalue weighted by Crippen LogP contribution is 2.32. The molecule has 1 aromatic carbocycles. The molecule has 2 N–H and O–H groups in total. The molecular formula is C16H24N2O2. The molecule has 2 rings (SSSR count). The van der Waals surface area contributed by atoms with Crippen LogP contribution in [-0.4, -0.2) is 22.1 Å². The summed E-state index contributed by atoms with van der Waals surface area (Å²) >= 11 is 0. The number of nitrogen functional groups attached to an aromatic ring is 1. The summed E-state index contributed by atoms with van der Waals surface area (Å²) in [5.74, 6) is 0. The largest absolute Gasteiger partial charge is 0.444 e. The van der Waals surface area contributed by atoms with Gasteiger partial charge in [-0.2, -0.15) is 0 Å². The number of fused-ring (bicyclic) bond motifs is 1. The van der Waals surface area contributed by atoms with Crippen molar-refractivity contribution in [3.63, 3.8) is 0 Å². The lowest BCUT2D eigenvalue weighted by Gasteiger charge is -2.43. The van der Waals surface area contributed by atoms with Crippen molar-refractivity contribution < 1.29 is 9.53 Å². The average molecular weight is 276 g/mol. The minimum atomic E-state index is -0.483. The van der Waals surface area contributed by atoms with E-state index < -0.39 is 5.60 Å². The Hall–Kier alpha value is -1.71. The molecule has 4 heteroatoms. The maximum atomic E-state index is 12.4. The maximum Gasteiger partial charge on any atom is 0.411 e. The van der Waals surface area contributed by atoms with Crippen molar-refractivity contribution in [3.05, 3.63) is 29.3 Å². The second-order valence-electron chi connectivity index (χ2n) is 7.08. The van der Waals surface area contributed by atoms with Crippen molar-refractivity contribution >= 4 is 11.8 Å². The number of carbonyl (C=O) groups excluding carboxylic acids is 1. The molecule has 0 atom stereocenters. The zero-order valence-electron chi connectivity index (χ0n) is 13.0. The van der Waals surface area contributed by atoms with Crippen molar-refractivity contribution in [2.24, 2.45) is 0 Å². The van der Waals surface area contributed by atoms with Crippen LogP contribution in [0.4, 0.5) is 10.5 Å². The van der Waals surface area contributed by atoms with E-state index in [1.54, 1.807) is 4.90 Å². The third-order valence-corrected chi connectivity index (χ3v) is 3.53. The number of nitrogens with two attached hydrogens (primary N) is 1. The first-order valence-electron chi connectivity index (χ1n) is 6.96. The quantitative estimate of drug-likeness (QED) is 0.739. The van der Waals surface area contributed by atoms with E-state index >= 15 is 0 Å². The summed E-state index contributed by atoms with van der Waals surface area (Å²) < 4.78 is 5.51. The zero-order valence-corrected chi connectivity index (χ0v) is 13.0. The molecule has 0 radical (unpaired) electrons. The Labute approximate surface area is 120 Å². The standard InChI is InChI=1S/C16H24N2O2/c1-15(2,3)20-14(19)18-10-12-8-13(17)7-6-11(12)9-16(18,4)5/h6-8H,9-10,17H2,1-5H3. The van der Waals surface area contributed by atoms with Gasteiger partial charge in [-0.15, -0.1) is 0 Å². The molecule has 0 saturated carbocycles. The van der Waals surface area contributed by atoms with E-state index in [9.17, 15) is 4.79 Å². The minimum Gasteiger partial charge on any atom is -0.444 e. The molecule has 110 valence electrons. The van der Waals surface area contributed by atoms with Crippen molar-refractivity contribution in [3.8, 4) is 0 Å². The smallest absolute Gasteiger partial charge is 0.411 e. The van der Waals surface area contributed by atoms with Crippen molar-refractivity contribution in [1.82, 2.24) is 4.90 Å². The second kappa shape index (κ2) is 4.69. The van der Waals surface area contributed by atoms with E-state index in [2.05, 4.69) is 19.9 Å². The molecule has 0 bridgehead atoms. The SMILES string of the molecule is CC(C)(C)OC(=O)N1Cc2cc(N)ccc2CC1(C)C. The average Bonchev–Trinajstić information content (AvgIpc) is 2.25. The Kier molecular flexibility index (Phi) is 3.44. The first kappa shape index (κ1) is 14.7. The number of amides is 1. The first-order chi connectivity index (χ1) is 9.08. The lowest BCUT2D eigenvalue weighted by Crippen LogP contribution is -2.52. The van der Waals surface area contributed by atoms with Crippen LogP contribution < -0.4 is 5.73 Å². The van der Waals surface area contributed by atoms with Crippen LogP contribution in [0.1, 0.15) is 45.7 Å². The summed E-state index contributed by atoms with van der Waals surface area (Å²) in [5, 5.41) is 0. The number of anilines is 1. The van der Waals surface area contributed by atoms with E-state index in [1.807, 2.05) is 32.9 Å². The maximum absolute atomic E-state index is 12.4. The molecule has 1 aromatic rings. The zero-order chi connectivity index (χ0) is 15.1. The summed E-state index contributed by atoms with van der Waals surface area (Å²) in [6.07, 6.45) is 0.539. The molecule has 0 fully saturated rings. The summed E-state index contributed by atoms with van der Waals surface area (Å²) in [5.41, 5.74) is 8.19. The van der Waals surface area contributed by atoms with Gasteiger partial charge in [0.25, 0.3) is 0 Å². The molecule has 0 aromatic heterocycles. The number of hydrogen-bond acceptors (Lipinski definition) is 3. The Morgan fingerprint density at radius 3 is 2.55 bits per heavy atom. The molecule has 0 unspecified atom stereocenters. The molecule has 20 heavy (non-hydrogen) atoms. The van der Waals surface area contributed by atoms with Crippen LogP contribution in [0, 0.1) is 0 Å². The Morgan fingerprint density at radius 2 is 1.95 bits per heavy atom. The van der Waals surface area contributed by atoms with Gasteiger partial charge in [0, 0.05) is 17.8 Å². The van der Waals surface area contributed by atoms with Gasteiger partial charge in [0.05, 0.1) is 0 Å². The molecule has 1 aliphatic rings. The third kappa shape index (κ3) is 3.06. The Bertz CT molecular complexity index is 530. The normalized spacial score (nSPS) is 17.6. The Balaban J connectivity index is 2.28. The van der Waals surface area contributed by atoms with E-state index in [4.69, 9.17) is 10.5 Å². The number of carbonyl (C=O) groups is 1. The molecule has 1 heterocycles. The number of nitrogens with zero attached hydrogens (tertiary/aromatic N) is 1. The van der Waals surface area contributed by atoms with Gasteiger partial charge in [-0.05, 0) is 64.3 Å². The summed E-state index contributed by atoms with van der Waals surface area (Å²) in [6, 6.07) is 5.92. The Morgan fingerprint density at radius 1 is 1.30 bits per heavy atom. The van der Waals surface area contributed by atoms with Crippen molar-refractivity contribution in [1.29, 1.82) is 0 Å². The highest BCUT2D eigenvalue weighted by molar-refractivity contribution is 5.70. The molecule has 4 nitrogen and oxygen atoms in total. The molecule has 1 amide bonds. The molecule has 0 saturated heterocycles. The predicted octanol–water partition coefficient (Wildman–Crippen LogP) is 3.34. The summed E-state index contributed by atoms with van der Waals surface area (Å²) in [6.45, 7) is 10.3. The lowest BCUT2D eigenvalue weighted by molar-refractivity contribution is -0.00253. The second-order valence-corrected chi connectivity index (χ2v) is 7.08. The van der Waals surface area contributed by atoms with Crippen LogP contribution in [0.15, 0.2) is 18.2 Å². The highest BCUT2D eigenvalue weighted by atomic mass is 16.6. The highest BCUT2D eigenvalue weighted by Gasteiger charge is 2.38. The van der Waals surface area contributed by atoms with Crippen LogP contribution in [0.25, 0.3) is 0 Å². The van der Waals surface area contributed by atoms with Crippen molar-refractivity contribution in [2.75, 3.05) is 5.73 Å². The van der Waals surface area contributed by atoms with Gasteiger partial charge in [-0.25, -0.2) is 4.79 Å². The van der Waals surface area contributed by atoms with Gasteiger partial charge in [-0.3, -0.25) is 4.90 Å². The van der Waals surface area contributed by atoms with E-state index in [0.29, 0.717) is 6.54 Å². The van der Waals surface area contributed by atoms with Gasteiger partial charge in [-0.1, -0.05) is 6.07 Å². The molecule has 0 spiro atoms. The number of ether oxygens (including phenoxy) is 1. The van der Waals surface area contributed by atoms with Crippen LogP contribution in [0.3, 0.4) is 0 Å². The van der Waals surface area contributed by atoms with E-state index in [-0.39, 0.29) is 11.6 Å². The van der Waals surface area contributed by atoms with E-state index in [0.717, 1.165) is 17.7 Å². The molecule has 0 aliphatic carbocycles. The van der Waals surface area contributed by atoms with Crippen LogP contribution >= 0.6 is 0 Å². The fraction of sp³-hybridized carbons (Fsp3) is 0.562. The fourth-order valence-electron chi connectivity index (χ4n) is 2.54. The monoisotopic (exact) mass is 276 g/mol. The topological polar surface area (TPSA) is 55.6 Å². The fourth-order valence-corrected chi connectivity index (χ4v) is 2.54. The summed E-state index contributed by atoms with van der Waals surface area (Å²) in [4.78, 5) is 14.2. The lowest BCUT2D eigenvalue weighted by atomic mass is 9.85. The number of benzene rings is 1. The van der Waals surface area contributed by atoms with Gasteiger partial charge in [0.15, 0.2) is 0 Å². The van der Waals surface area contributed by atoms with E-state index in [1.165, 1.54) is 5.56 Å². The third-order valence-electron chi connectivity index (χ3n) is 3.53. The summed E-state index contributed by atoms with van der Waals surface area (Å²) in [7, 11) is 0. The van der Waals surface area contributed by atoms with Crippen LogP contribution in [-0.2, 0) is 17.7 Å². The van der Waals surface area contributed by atoms with Gasteiger partial charge < -0.3 is 10.5 Å². The van der Waals surface area contributed by atoms with Gasteiger partial charge >= 0.3 is 6.09 Å². The van der Waals surface area contributed by atoms with Crippen molar-refractivity contribution in [2.45, 2.75) is 58.7 Å². The molecular weight excluding hydrogens is 252 g/mol. The van der Waals surface area contributed by atoms with Crippen LogP contribution in [0.5, 0.6) is 0 Å². The molecule has 1 aliphatic heterocycles.